The quantitative estimate of drug-likeness (QED) is 0.636. The highest BCUT2D eigenvalue weighted by atomic mass is 32.2. The normalized spacial score (nSPS) is 12.4. The van der Waals surface area contributed by atoms with Crippen molar-refractivity contribution in [2.24, 2.45) is 0 Å². The Balaban J connectivity index is 1.90. The lowest BCUT2D eigenvalue weighted by Crippen LogP contribution is -2.32. The zero-order valence-electron chi connectivity index (χ0n) is 16.5. The van der Waals surface area contributed by atoms with Crippen LogP contribution in [0.15, 0.2) is 70.2 Å². The van der Waals surface area contributed by atoms with E-state index in [1.54, 1.807) is 55.5 Å². The lowest BCUT2D eigenvalue weighted by molar-refractivity contribution is 0.0953. The SMILES string of the molecule is COc1cccc(C(=O)NC[C@@H](c2ccco2)S(=O)(=O)c2cc(C)ccc2C)c1. The number of amides is 1. The molecule has 0 aliphatic carbocycles. The molecule has 152 valence electrons. The van der Waals surface area contributed by atoms with Crippen LogP contribution in [-0.4, -0.2) is 28.0 Å². The molecule has 3 aromatic rings. The van der Waals surface area contributed by atoms with Gasteiger partial charge in [0.15, 0.2) is 9.84 Å². The zero-order valence-corrected chi connectivity index (χ0v) is 17.3. The fraction of sp³-hybridized carbons (Fsp3) is 0.227. The van der Waals surface area contributed by atoms with Gasteiger partial charge in [-0.2, -0.15) is 0 Å². The molecule has 7 heteroatoms. The van der Waals surface area contributed by atoms with Gasteiger partial charge >= 0.3 is 0 Å². The summed E-state index contributed by atoms with van der Waals surface area (Å²) < 4.78 is 37.4. The number of ether oxygens (including phenoxy) is 1. The standard InChI is InChI=1S/C22H23NO5S/c1-15-9-10-16(2)20(12-15)29(25,26)21(19-8-5-11-28-19)14-23-22(24)17-6-4-7-18(13-17)27-3/h4-13,21H,14H2,1-3H3,(H,23,24)/t21-/m0/s1. The van der Waals surface area contributed by atoms with Crippen molar-refractivity contribution < 1.29 is 22.4 Å². The number of aryl methyl sites for hydroxylation is 2. The van der Waals surface area contributed by atoms with Crippen LogP contribution in [0, 0.1) is 13.8 Å². The number of furan rings is 1. The van der Waals surface area contributed by atoms with Crippen molar-refractivity contribution in [3.63, 3.8) is 0 Å². The molecule has 0 bridgehead atoms. The maximum absolute atomic E-state index is 13.4. The molecule has 2 aromatic carbocycles. The minimum atomic E-state index is -3.80. The number of sulfone groups is 1. The van der Waals surface area contributed by atoms with Gasteiger partial charge in [0.1, 0.15) is 16.8 Å². The van der Waals surface area contributed by atoms with Crippen LogP contribution in [0.1, 0.15) is 32.5 Å². The van der Waals surface area contributed by atoms with Crippen LogP contribution in [-0.2, 0) is 9.84 Å². The van der Waals surface area contributed by atoms with Crippen molar-refractivity contribution in [3.8, 4) is 5.75 Å². The lowest BCUT2D eigenvalue weighted by Gasteiger charge is -2.18. The average Bonchev–Trinajstić information content (AvgIpc) is 3.24. The van der Waals surface area contributed by atoms with Crippen molar-refractivity contribution in [1.82, 2.24) is 5.32 Å². The Labute approximate surface area is 170 Å². The molecule has 1 amide bonds. The van der Waals surface area contributed by atoms with Crippen LogP contribution in [0.3, 0.4) is 0 Å². The number of hydrogen-bond acceptors (Lipinski definition) is 5. The summed E-state index contributed by atoms with van der Waals surface area (Å²) >= 11 is 0. The summed E-state index contributed by atoms with van der Waals surface area (Å²) in [4.78, 5) is 12.8. The second kappa shape index (κ2) is 8.53. The second-order valence-corrected chi connectivity index (χ2v) is 8.86. The first-order chi connectivity index (χ1) is 13.8. The number of carbonyl (C=O) groups excluding carboxylic acids is 1. The van der Waals surface area contributed by atoms with Gasteiger partial charge in [-0.15, -0.1) is 0 Å². The van der Waals surface area contributed by atoms with Crippen LogP contribution in [0.4, 0.5) is 0 Å². The summed E-state index contributed by atoms with van der Waals surface area (Å²) in [6.45, 7) is 3.46. The molecule has 6 nitrogen and oxygen atoms in total. The Morgan fingerprint density at radius 2 is 1.90 bits per heavy atom. The number of nitrogens with one attached hydrogen (secondary N) is 1. The van der Waals surface area contributed by atoms with Crippen LogP contribution in [0.2, 0.25) is 0 Å². The van der Waals surface area contributed by atoms with Gasteiger partial charge < -0.3 is 14.5 Å². The van der Waals surface area contributed by atoms with E-state index in [2.05, 4.69) is 5.32 Å². The molecule has 1 atom stereocenters. The molecule has 0 saturated heterocycles. The summed E-state index contributed by atoms with van der Waals surface area (Å²) in [7, 11) is -2.29. The monoisotopic (exact) mass is 413 g/mol. The number of carbonyl (C=O) groups is 1. The third-order valence-corrected chi connectivity index (χ3v) is 6.87. The maximum Gasteiger partial charge on any atom is 0.251 e. The van der Waals surface area contributed by atoms with E-state index in [1.807, 2.05) is 13.0 Å². The van der Waals surface area contributed by atoms with Crippen molar-refractivity contribution in [2.45, 2.75) is 24.0 Å². The largest absolute Gasteiger partial charge is 0.497 e. The van der Waals surface area contributed by atoms with Crippen LogP contribution >= 0.6 is 0 Å². The molecule has 29 heavy (non-hydrogen) atoms. The summed E-state index contributed by atoms with van der Waals surface area (Å²) in [5, 5.41) is 1.67. The average molecular weight is 413 g/mol. The minimum absolute atomic E-state index is 0.126. The third kappa shape index (κ3) is 4.51. The van der Waals surface area contributed by atoms with Crippen LogP contribution < -0.4 is 10.1 Å². The van der Waals surface area contributed by atoms with E-state index in [4.69, 9.17) is 9.15 Å². The predicted octanol–water partition coefficient (Wildman–Crippen LogP) is 3.85. The van der Waals surface area contributed by atoms with E-state index in [0.29, 0.717) is 16.9 Å². The molecule has 0 spiro atoms. The summed E-state index contributed by atoms with van der Waals surface area (Å²) in [6.07, 6.45) is 1.42. The number of rotatable bonds is 7. The Morgan fingerprint density at radius 1 is 1.10 bits per heavy atom. The first kappa shape index (κ1) is 20.7. The van der Waals surface area contributed by atoms with E-state index < -0.39 is 21.0 Å². The van der Waals surface area contributed by atoms with Crippen LogP contribution in [0.5, 0.6) is 5.75 Å². The highest BCUT2D eigenvalue weighted by Crippen LogP contribution is 2.31. The first-order valence-electron chi connectivity index (χ1n) is 9.09. The van der Waals surface area contributed by atoms with Gasteiger partial charge in [0, 0.05) is 12.1 Å². The molecule has 0 aliphatic heterocycles. The molecular formula is C22H23NO5S. The molecule has 0 unspecified atom stereocenters. The fourth-order valence-electron chi connectivity index (χ4n) is 3.06. The molecule has 0 radical (unpaired) electrons. The molecule has 1 aromatic heterocycles. The van der Waals surface area contributed by atoms with Crippen LogP contribution in [0.25, 0.3) is 0 Å². The molecule has 0 aliphatic rings. The van der Waals surface area contributed by atoms with Crippen molar-refractivity contribution >= 4 is 15.7 Å². The molecule has 1 heterocycles. The second-order valence-electron chi connectivity index (χ2n) is 6.76. The Hall–Kier alpha value is -3.06. The molecular weight excluding hydrogens is 390 g/mol. The van der Waals surface area contributed by atoms with Gasteiger partial charge in [-0.1, -0.05) is 18.2 Å². The van der Waals surface area contributed by atoms with Gasteiger partial charge in [0.2, 0.25) is 0 Å². The van der Waals surface area contributed by atoms with Gasteiger partial charge in [-0.25, -0.2) is 8.42 Å². The summed E-state index contributed by atoms with van der Waals surface area (Å²) in [5.41, 5.74) is 1.87. The van der Waals surface area contributed by atoms with Crippen molar-refractivity contribution in [2.75, 3.05) is 13.7 Å². The van der Waals surface area contributed by atoms with E-state index in [0.717, 1.165) is 5.56 Å². The van der Waals surface area contributed by atoms with Gasteiger partial charge in [-0.3, -0.25) is 4.79 Å². The topological polar surface area (TPSA) is 85.6 Å². The van der Waals surface area contributed by atoms with E-state index in [-0.39, 0.29) is 17.2 Å². The van der Waals surface area contributed by atoms with Gasteiger partial charge in [0.25, 0.3) is 5.91 Å². The van der Waals surface area contributed by atoms with Crippen molar-refractivity contribution in [3.05, 3.63) is 83.3 Å². The van der Waals surface area contributed by atoms with Crippen molar-refractivity contribution in [1.29, 1.82) is 0 Å². The highest BCUT2D eigenvalue weighted by Gasteiger charge is 2.33. The predicted molar refractivity (Wildman–Crippen MR) is 110 cm³/mol. The number of benzene rings is 2. The first-order valence-corrected chi connectivity index (χ1v) is 10.6. The smallest absolute Gasteiger partial charge is 0.251 e. The van der Waals surface area contributed by atoms with E-state index in [1.165, 1.54) is 13.4 Å². The number of hydrogen-bond donors (Lipinski definition) is 1. The fourth-order valence-corrected chi connectivity index (χ4v) is 4.97. The highest BCUT2D eigenvalue weighted by molar-refractivity contribution is 7.91. The van der Waals surface area contributed by atoms with Gasteiger partial charge in [-0.05, 0) is 61.4 Å². The lowest BCUT2D eigenvalue weighted by atomic mass is 10.2. The van der Waals surface area contributed by atoms with E-state index >= 15 is 0 Å². The maximum atomic E-state index is 13.4. The molecule has 1 N–H and O–H groups in total. The molecule has 0 saturated carbocycles. The van der Waals surface area contributed by atoms with E-state index in [9.17, 15) is 13.2 Å². The Morgan fingerprint density at radius 3 is 2.59 bits per heavy atom. The summed E-state index contributed by atoms with van der Waals surface area (Å²) in [5.74, 6) is 0.428. The Bertz CT molecular complexity index is 1100. The summed E-state index contributed by atoms with van der Waals surface area (Å²) in [6, 6.07) is 15.2. The zero-order chi connectivity index (χ0) is 21.0. The number of methoxy groups -OCH3 is 1. The molecule has 0 fully saturated rings. The minimum Gasteiger partial charge on any atom is -0.497 e. The van der Waals surface area contributed by atoms with Gasteiger partial charge in [0.05, 0.1) is 18.3 Å². The molecule has 3 rings (SSSR count). The Kier molecular flexibility index (Phi) is 6.08. The third-order valence-electron chi connectivity index (χ3n) is 4.67.